The Labute approximate surface area is 132 Å². The van der Waals surface area contributed by atoms with E-state index in [4.69, 9.17) is 9.47 Å². The number of aliphatic hydroxyl groups is 1. The lowest BCUT2D eigenvalue weighted by atomic mass is 10.1. The van der Waals surface area contributed by atoms with Crippen molar-refractivity contribution in [1.29, 1.82) is 0 Å². The zero-order valence-electron chi connectivity index (χ0n) is 13.0. The number of aliphatic hydroxyl groups excluding tert-OH is 1. The molecule has 0 saturated heterocycles. The molecule has 22 heavy (non-hydrogen) atoms. The molecule has 0 aliphatic carbocycles. The fraction of sp³-hybridized carbons (Fsp3) is 0.368. The van der Waals surface area contributed by atoms with Gasteiger partial charge in [0.1, 0.15) is 0 Å². The molecule has 0 bridgehead atoms. The third-order valence-corrected chi connectivity index (χ3v) is 3.62. The van der Waals surface area contributed by atoms with E-state index in [-0.39, 0.29) is 18.6 Å². The van der Waals surface area contributed by atoms with Gasteiger partial charge in [-0.15, -0.1) is 0 Å². The molecule has 0 heterocycles. The maximum atomic E-state index is 9.38. The Morgan fingerprint density at radius 1 is 0.864 bits per heavy atom. The van der Waals surface area contributed by atoms with E-state index in [1.165, 1.54) is 0 Å². The van der Waals surface area contributed by atoms with Gasteiger partial charge in [0.15, 0.2) is 0 Å². The SMILES string of the molecule is C[C@H](CO)[C@H](COCc1ccccc1)OCc1ccccc1. The Morgan fingerprint density at radius 3 is 1.95 bits per heavy atom. The highest BCUT2D eigenvalue weighted by molar-refractivity contribution is 5.14. The summed E-state index contributed by atoms with van der Waals surface area (Å²) in [6.45, 7) is 3.63. The number of hydrogen-bond donors (Lipinski definition) is 1. The molecule has 2 aromatic rings. The number of hydrogen-bond acceptors (Lipinski definition) is 3. The van der Waals surface area contributed by atoms with Gasteiger partial charge in [-0.25, -0.2) is 0 Å². The van der Waals surface area contributed by atoms with Crippen LogP contribution in [0.4, 0.5) is 0 Å². The quantitative estimate of drug-likeness (QED) is 0.771. The van der Waals surface area contributed by atoms with Crippen molar-refractivity contribution in [3.05, 3.63) is 71.8 Å². The van der Waals surface area contributed by atoms with E-state index in [9.17, 15) is 5.11 Å². The Hall–Kier alpha value is -1.68. The molecule has 0 aliphatic rings. The van der Waals surface area contributed by atoms with Crippen molar-refractivity contribution in [3.63, 3.8) is 0 Å². The lowest BCUT2D eigenvalue weighted by molar-refractivity contribution is -0.0645. The average molecular weight is 300 g/mol. The lowest BCUT2D eigenvalue weighted by Crippen LogP contribution is -2.29. The van der Waals surface area contributed by atoms with Gasteiger partial charge in [0.25, 0.3) is 0 Å². The summed E-state index contributed by atoms with van der Waals surface area (Å²) in [5, 5.41) is 9.38. The second-order valence-electron chi connectivity index (χ2n) is 5.50. The summed E-state index contributed by atoms with van der Waals surface area (Å²) in [6.07, 6.45) is -0.117. The number of ether oxygens (including phenoxy) is 2. The molecule has 0 saturated carbocycles. The van der Waals surface area contributed by atoms with Crippen LogP contribution in [-0.2, 0) is 22.7 Å². The maximum absolute atomic E-state index is 9.38. The monoisotopic (exact) mass is 300 g/mol. The van der Waals surface area contributed by atoms with Crippen LogP contribution >= 0.6 is 0 Å². The van der Waals surface area contributed by atoms with Gasteiger partial charge in [-0.2, -0.15) is 0 Å². The first-order valence-corrected chi connectivity index (χ1v) is 7.67. The number of benzene rings is 2. The van der Waals surface area contributed by atoms with Crippen molar-refractivity contribution >= 4 is 0 Å². The van der Waals surface area contributed by atoms with E-state index >= 15 is 0 Å². The van der Waals surface area contributed by atoms with Gasteiger partial charge in [0, 0.05) is 12.5 Å². The van der Waals surface area contributed by atoms with E-state index in [1.54, 1.807) is 0 Å². The van der Waals surface area contributed by atoms with Crippen molar-refractivity contribution in [3.8, 4) is 0 Å². The van der Waals surface area contributed by atoms with Crippen molar-refractivity contribution in [1.82, 2.24) is 0 Å². The average Bonchev–Trinajstić information content (AvgIpc) is 2.59. The topological polar surface area (TPSA) is 38.7 Å². The summed E-state index contributed by atoms with van der Waals surface area (Å²) in [5.74, 6) is 0.0412. The van der Waals surface area contributed by atoms with Crippen LogP contribution in [0.1, 0.15) is 18.1 Å². The third kappa shape index (κ3) is 5.60. The molecule has 0 unspecified atom stereocenters. The molecule has 2 aromatic carbocycles. The fourth-order valence-electron chi connectivity index (χ4n) is 2.14. The smallest absolute Gasteiger partial charge is 0.0860 e. The van der Waals surface area contributed by atoms with Crippen LogP contribution in [0.2, 0.25) is 0 Å². The zero-order valence-corrected chi connectivity index (χ0v) is 13.0. The van der Waals surface area contributed by atoms with E-state index in [1.807, 2.05) is 67.6 Å². The Morgan fingerprint density at radius 2 is 1.41 bits per heavy atom. The van der Waals surface area contributed by atoms with Crippen molar-refractivity contribution in [2.45, 2.75) is 26.2 Å². The van der Waals surface area contributed by atoms with Crippen molar-refractivity contribution in [2.24, 2.45) is 5.92 Å². The van der Waals surface area contributed by atoms with Crippen molar-refractivity contribution in [2.75, 3.05) is 13.2 Å². The zero-order chi connectivity index (χ0) is 15.6. The summed E-state index contributed by atoms with van der Waals surface area (Å²) in [5.41, 5.74) is 2.27. The molecular weight excluding hydrogens is 276 g/mol. The minimum Gasteiger partial charge on any atom is -0.396 e. The Bertz CT molecular complexity index is 513. The normalized spacial score (nSPS) is 13.7. The molecule has 2 rings (SSSR count). The minimum absolute atomic E-state index is 0.0412. The highest BCUT2D eigenvalue weighted by Crippen LogP contribution is 2.12. The van der Waals surface area contributed by atoms with Gasteiger partial charge in [-0.1, -0.05) is 67.6 Å². The Balaban J connectivity index is 1.81. The third-order valence-electron chi connectivity index (χ3n) is 3.62. The van der Waals surface area contributed by atoms with E-state index < -0.39 is 0 Å². The maximum Gasteiger partial charge on any atom is 0.0860 e. The molecule has 3 nitrogen and oxygen atoms in total. The summed E-state index contributed by atoms with van der Waals surface area (Å²) in [6, 6.07) is 20.1. The van der Waals surface area contributed by atoms with Crippen LogP contribution in [0.25, 0.3) is 0 Å². The molecule has 118 valence electrons. The molecule has 2 atom stereocenters. The second kappa shape index (κ2) is 9.36. The van der Waals surface area contributed by atoms with Crippen LogP contribution in [0.3, 0.4) is 0 Å². The van der Waals surface area contributed by atoms with Crippen LogP contribution in [0.5, 0.6) is 0 Å². The molecule has 0 spiro atoms. The molecule has 1 N–H and O–H groups in total. The largest absolute Gasteiger partial charge is 0.396 e. The van der Waals surface area contributed by atoms with Crippen molar-refractivity contribution < 1.29 is 14.6 Å². The first-order chi connectivity index (χ1) is 10.8. The second-order valence-corrected chi connectivity index (χ2v) is 5.50. The lowest BCUT2D eigenvalue weighted by Gasteiger charge is -2.23. The van der Waals surface area contributed by atoms with Gasteiger partial charge in [0.05, 0.1) is 25.9 Å². The van der Waals surface area contributed by atoms with E-state index in [0.29, 0.717) is 19.8 Å². The van der Waals surface area contributed by atoms with E-state index in [0.717, 1.165) is 11.1 Å². The molecule has 3 heteroatoms. The first-order valence-electron chi connectivity index (χ1n) is 7.67. The molecule has 0 fully saturated rings. The van der Waals surface area contributed by atoms with Gasteiger partial charge in [0.2, 0.25) is 0 Å². The molecular formula is C19H24O3. The number of rotatable bonds is 9. The first kappa shape index (κ1) is 16.7. The fourth-order valence-corrected chi connectivity index (χ4v) is 2.14. The highest BCUT2D eigenvalue weighted by atomic mass is 16.5. The van der Waals surface area contributed by atoms with Crippen LogP contribution in [0, 0.1) is 5.92 Å². The van der Waals surface area contributed by atoms with Crippen LogP contribution < -0.4 is 0 Å². The summed E-state index contributed by atoms with van der Waals surface area (Å²) in [4.78, 5) is 0. The van der Waals surface area contributed by atoms with Crippen LogP contribution in [0.15, 0.2) is 60.7 Å². The van der Waals surface area contributed by atoms with E-state index in [2.05, 4.69) is 0 Å². The predicted molar refractivity (Wildman–Crippen MR) is 87.4 cm³/mol. The van der Waals surface area contributed by atoms with Gasteiger partial charge in [-0.3, -0.25) is 0 Å². The molecule has 0 amide bonds. The minimum atomic E-state index is -0.117. The van der Waals surface area contributed by atoms with Crippen LogP contribution in [-0.4, -0.2) is 24.4 Å². The summed E-state index contributed by atoms with van der Waals surface area (Å²) in [7, 11) is 0. The standard InChI is InChI=1S/C19H24O3/c1-16(12-20)19(22-14-18-10-6-3-7-11-18)15-21-13-17-8-4-2-5-9-17/h2-11,16,19-20H,12-15H2,1H3/t16-,19+/m1/s1. The van der Waals surface area contributed by atoms with Gasteiger partial charge < -0.3 is 14.6 Å². The Kier molecular flexibility index (Phi) is 7.10. The summed E-state index contributed by atoms with van der Waals surface area (Å²) < 4.78 is 11.7. The summed E-state index contributed by atoms with van der Waals surface area (Å²) >= 11 is 0. The molecule has 0 radical (unpaired) electrons. The molecule has 0 aromatic heterocycles. The highest BCUT2D eigenvalue weighted by Gasteiger charge is 2.17. The molecule has 0 aliphatic heterocycles. The predicted octanol–water partition coefficient (Wildman–Crippen LogP) is 3.42. The van der Waals surface area contributed by atoms with Gasteiger partial charge >= 0.3 is 0 Å². The van der Waals surface area contributed by atoms with Gasteiger partial charge in [-0.05, 0) is 11.1 Å².